The van der Waals surface area contributed by atoms with Crippen LogP contribution in [-0.2, 0) is 11.3 Å². The fourth-order valence-electron chi connectivity index (χ4n) is 3.69. The first-order chi connectivity index (χ1) is 15.7. The van der Waals surface area contributed by atoms with Crippen molar-refractivity contribution < 1.29 is 18.4 Å². The average Bonchev–Trinajstić information content (AvgIpc) is 3.50. The molecule has 0 aromatic carbocycles. The van der Waals surface area contributed by atoms with Gasteiger partial charge in [0.2, 0.25) is 5.91 Å². The Labute approximate surface area is 191 Å². The van der Waals surface area contributed by atoms with Crippen LogP contribution >= 0.6 is 0 Å². The molecule has 0 aliphatic heterocycles. The number of nitrogens with one attached hydrogen (secondary N) is 2. The predicted octanol–water partition coefficient (Wildman–Crippen LogP) is 3.92. The van der Waals surface area contributed by atoms with Crippen molar-refractivity contribution in [1.29, 1.82) is 0 Å². The van der Waals surface area contributed by atoms with Crippen LogP contribution in [0.5, 0.6) is 0 Å². The van der Waals surface area contributed by atoms with E-state index in [4.69, 9.17) is 13.8 Å². The summed E-state index contributed by atoms with van der Waals surface area (Å²) in [7, 11) is 0. The molecule has 0 radical (unpaired) electrons. The first-order valence-corrected chi connectivity index (χ1v) is 10.8. The number of rotatable bonds is 7. The van der Waals surface area contributed by atoms with Crippen molar-refractivity contribution in [2.75, 3.05) is 0 Å². The van der Waals surface area contributed by atoms with E-state index >= 15 is 0 Å². The summed E-state index contributed by atoms with van der Waals surface area (Å²) in [6, 6.07) is 6.43. The minimum Gasteiger partial charge on any atom is -0.467 e. The lowest BCUT2D eigenvalue weighted by Gasteiger charge is -2.15. The van der Waals surface area contributed by atoms with Crippen LogP contribution in [0.1, 0.15) is 54.5 Å². The van der Waals surface area contributed by atoms with E-state index < -0.39 is 6.04 Å². The number of aryl methyl sites for hydroxylation is 2. The van der Waals surface area contributed by atoms with Crippen LogP contribution in [0.4, 0.5) is 0 Å². The van der Waals surface area contributed by atoms with E-state index in [2.05, 4.69) is 15.7 Å². The number of carbonyl (C=O) groups is 2. The molecule has 4 aromatic rings. The van der Waals surface area contributed by atoms with Crippen molar-refractivity contribution in [2.24, 2.45) is 0 Å². The summed E-state index contributed by atoms with van der Waals surface area (Å²) in [6.07, 6.45) is 3.18. The molecule has 1 unspecified atom stereocenters. The van der Waals surface area contributed by atoms with Gasteiger partial charge < -0.3 is 19.5 Å². The van der Waals surface area contributed by atoms with Gasteiger partial charge in [-0.15, -0.1) is 0 Å². The number of pyridine rings is 1. The molecule has 172 valence electrons. The molecule has 1 atom stereocenters. The number of carbonyl (C=O) groups excluding carboxylic acids is 2. The number of fused-ring (bicyclic) bond motifs is 1. The number of amides is 2. The second-order valence-electron chi connectivity index (χ2n) is 8.29. The van der Waals surface area contributed by atoms with E-state index in [0.29, 0.717) is 33.8 Å². The Morgan fingerprint density at radius 2 is 1.97 bits per heavy atom. The van der Waals surface area contributed by atoms with Crippen molar-refractivity contribution in [3.05, 3.63) is 59.6 Å². The first-order valence-electron chi connectivity index (χ1n) is 10.8. The molecule has 9 nitrogen and oxygen atoms in total. The summed E-state index contributed by atoms with van der Waals surface area (Å²) < 4.78 is 12.7. The van der Waals surface area contributed by atoms with Gasteiger partial charge in [0, 0.05) is 11.6 Å². The molecule has 0 bridgehead atoms. The predicted molar refractivity (Wildman–Crippen MR) is 123 cm³/mol. The Hall–Kier alpha value is -3.88. The van der Waals surface area contributed by atoms with Crippen LogP contribution in [0.3, 0.4) is 0 Å². The molecule has 0 aliphatic rings. The van der Waals surface area contributed by atoms with Gasteiger partial charge in [-0.25, -0.2) is 9.67 Å². The molecule has 0 fully saturated rings. The minimum absolute atomic E-state index is 0.0552. The standard InChI is InChI=1S/C24H27N5O4/c1-13(2)29-22-20(12-26-29)19(10-21(28-22)18-9-14(3)33-16(18)5)24(31)27-15(4)23(30)25-11-17-7-6-8-32-17/h6-10,12-13,15H,11H2,1-5H3,(H,25,30)(H,27,31). The fourth-order valence-corrected chi connectivity index (χ4v) is 3.69. The Kier molecular flexibility index (Phi) is 6.04. The Balaban J connectivity index is 1.64. The molecule has 0 saturated heterocycles. The number of hydrogen-bond acceptors (Lipinski definition) is 6. The second-order valence-corrected chi connectivity index (χ2v) is 8.29. The summed E-state index contributed by atoms with van der Waals surface area (Å²) in [5, 5.41) is 10.6. The largest absolute Gasteiger partial charge is 0.467 e. The molecule has 2 N–H and O–H groups in total. The number of nitrogens with zero attached hydrogens (tertiary/aromatic N) is 3. The molecule has 0 spiro atoms. The van der Waals surface area contributed by atoms with Crippen LogP contribution in [0.2, 0.25) is 0 Å². The maximum Gasteiger partial charge on any atom is 0.252 e. The van der Waals surface area contributed by atoms with Gasteiger partial charge in [-0.05, 0) is 58.9 Å². The van der Waals surface area contributed by atoms with Gasteiger partial charge in [0.25, 0.3) is 5.91 Å². The molecule has 33 heavy (non-hydrogen) atoms. The zero-order valence-electron chi connectivity index (χ0n) is 19.3. The lowest BCUT2D eigenvalue weighted by Crippen LogP contribution is -2.44. The van der Waals surface area contributed by atoms with Crippen molar-refractivity contribution >= 4 is 22.8 Å². The van der Waals surface area contributed by atoms with Gasteiger partial charge in [-0.1, -0.05) is 0 Å². The summed E-state index contributed by atoms with van der Waals surface area (Å²) in [6.45, 7) is 9.60. The van der Waals surface area contributed by atoms with Gasteiger partial charge in [0.05, 0.1) is 35.6 Å². The van der Waals surface area contributed by atoms with Crippen LogP contribution in [-0.4, -0.2) is 32.6 Å². The monoisotopic (exact) mass is 449 g/mol. The first kappa shape index (κ1) is 22.3. The summed E-state index contributed by atoms with van der Waals surface area (Å²) in [5.41, 5.74) is 2.41. The molecule has 4 rings (SSSR count). The highest BCUT2D eigenvalue weighted by Crippen LogP contribution is 2.30. The van der Waals surface area contributed by atoms with Gasteiger partial charge in [-0.3, -0.25) is 9.59 Å². The van der Waals surface area contributed by atoms with Crippen LogP contribution in [0.15, 0.2) is 45.6 Å². The molecule has 0 aliphatic carbocycles. The van der Waals surface area contributed by atoms with Crippen molar-refractivity contribution in [1.82, 2.24) is 25.4 Å². The third-order valence-corrected chi connectivity index (χ3v) is 5.38. The third kappa shape index (κ3) is 4.52. The van der Waals surface area contributed by atoms with E-state index in [9.17, 15) is 9.59 Å². The fraction of sp³-hybridized carbons (Fsp3) is 0.333. The minimum atomic E-state index is -0.753. The van der Waals surface area contributed by atoms with Crippen molar-refractivity contribution in [3.8, 4) is 11.3 Å². The topological polar surface area (TPSA) is 115 Å². The zero-order valence-corrected chi connectivity index (χ0v) is 19.3. The molecule has 4 heterocycles. The molecule has 0 saturated carbocycles. The average molecular weight is 450 g/mol. The van der Waals surface area contributed by atoms with E-state index in [0.717, 1.165) is 11.3 Å². The summed E-state index contributed by atoms with van der Waals surface area (Å²) >= 11 is 0. The highest BCUT2D eigenvalue weighted by Gasteiger charge is 2.23. The summed E-state index contributed by atoms with van der Waals surface area (Å²) in [5.74, 6) is 1.41. The van der Waals surface area contributed by atoms with E-state index in [1.54, 1.807) is 42.3 Å². The van der Waals surface area contributed by atoms with E-state index in [-0.39, 0.29) is 24.4 Å². The Morgan fingerprint density at radius 3 is 2.61 bits per heavy atom. The smallest absolute Gasteiger partial charge is 0.252 e. The van der Waals surface area contributed by atoms with Crippen LogP contribution < -0.4 is 10.6 Å². The maximum absolute atomic E-state index is 13.3. The van der Waals surface area contributed by atoms with Crippen molar-refractivity contribution in [2.45, 2.75) is 53.2 Å². The van der Waals surface area contributed by atoms with Gasteiger partial charge in [-0.2, -0.15) is 5.10 Å². The van der Waals surface area contributed by atoms with E-state index in [1.807, 2.05) is 33.8 Å². The maximum atomic E-state index is 13.3. The Morgan fingerprint density at radius 1 is 1.18 bits per heavy atom. The summed E-state index contributed by atoms with van der Waals surface area (Å²) in [4.78, 5) is 30.5. The third-order valence-electron chi connectivity index (χ3n) is 5.38. The quantitative estimate of drug-likeness (QED) is 0.442. The zero-order chi connectivity index (χ0) is 23.7. The normalized spacial score (nSPS) is 12.3. The van der Waals surface area contributed by atoms with Gasteiger partial charge in [0.15, 0.2) is 5.65 Å². The molecular formula is C24H27N5O4. The number of aromatic nitrogens is 3. The Bertz CT molecular complexity index is 1300. The lowest BCUT2D eigenvalue weighted by molar-refractivity contribution is -0.122. The highest BCUT2D eigenvalue weighted by atomic mass is 16.3. The number of hydrogen-bond donors (Lipinski definition) is 2. The number of furan rings is 2. The SMILES string of the molecule is Cc1cc(-c2cc(C(=O)NC(C)C(=O)NCc3ccco3)c3cnn(C(C)C)c3n2)c(C)o1. The molecule has 9 heteroatoms. The molecule has 4 aromatic heterocycles. The lowest BCUT2D eigenvalue weighted by atomic mass is 10.1. The van der Waals surface area contributed by atoms with Gasteiger partial charge >= 0.3 is 0 Å². The second kappa shape index (κ2) is 8.93. The van der Waals surface area contributed by atoms with E-state index in [1.165, 1.54) is 0 Å². The molecular weight excluding hydrogens is 422 g/mol. The van der Waals surface area contributed by atoms with Gasteiger partial charge in [0.1, 0.15) is 23.3 Å². The molecule has 2 amide bonds. The van der Waals surface area contributed by atoms with Crippen LogP contribution in [0, 0.1) is 13.8 Å². The van der Waals surface area contributed by atoms with Crippen LogP contribution in [0.25, 0.3) is 22.3 Å². The van der Waals surface area contributed by atoms with Crippen molar-refractivity contribution in [3.63, 3.8) is 0 Å². The highest BCUT2D eigenvalue weighted by molar-refractivity contribution is 6.07.